The molecule has 2 aromatic rings. The minimum atomic E-state index is 0.102. The number of aryl methyl sites for hydroxylation is 3. The Kier molecular flexibility index (Phi) is 5.96. The fourth-order valence-electron chi connectivity index (χ4n) is 3.48. The van der Waals surface area contributed by atoms with Crippen molar-refractivity contribution in [2.45, 2.75) is 46.6 Å². The highest BCUT2D eigenvalue weighted by Crippen LogP contribution is 2.21. The predicted molar refractivity (Wildman–Crippen MR) is 103 cm³/mol. The smallest absolute Gasteiger partial charge is 0.257 e. The summed E-state index contributed by atoms with van der Waals surface area (Å²) in [5.74, 6) is 1.38. The topological polar surface area (TPSA) is 47.4 Å². The first-order valence-corrected chi connectivity index (χ1v) is 9.59. The average molecular weight is 355 g/mol. The number of carbonyl (C=O) groups is 1. The van der Waals surface area contributed by atoms with Gasteiger partial charge in [-0.1, -0.05) is 24.6 Å². The van der Waals surface area contributed by atoms with E-state index < -0.39 is 0 Å². The number of carbonyl (C=O) groups excluding carboxylic acids is 1. The third kappa shape index (κ3) is 4.45. The van der Waals surface area contributed by atoms with Crippen molar-refractivity contribution >= 4 is 5.91 Å². The fraction of sp³-hybridized carbons (Fsp3) is 0.524. The van der Waals surface area contributed by atoms with Gasteiger partial charge in [-0.25, -0.2) is 0 Å². The molecule has 1 aromatic carbocycles. The second-order valence-corrected chi connectivity index (χ2v) is 7.27. The Labute approximate surface area is 156 Å². The molecular weight excluding hydrogens is 326 g/mol. The second kappa shape index (κ2) is 8.39. The Bertz CT molecular complexity index is 736. The maximum absolute atomic E-state index is 12.9. The van der Waals surface area contributed by atoms with Gasteiger partial charge < -0.3 is 9.64 Å². The van der Waals surface area contributed by atoms with Gasteiger partial charge in [-0.05, 0) is 45.2 Å². The summed E-state index contributed by atoms with van der Waals surface area (Å²) in [6.07, 6.45) is 5.03. The molecule has 26 heavy (non-hydrogen) atoms. The number of piperidine rings is 1. The summed E-state index contributed by atoms with van der Waals surface area (Å²) in [6.45, 7) is 9.17. The van der Waals surface area contributed by atoms with Crippen molar-refractivity contribution in [3.05, 3.63) is 47.3 Å². The van der Waals surface area contributed by atoms with E-state index in [1.807, 2.05) is 34.8 Å². The summed E-state index contributed by atoms with van der Waals surface area (Å²) in [5.41, 5.74) is 2.78. The molecule has 1 fully saturated rings. The Hall–Kier alpha value is -2.30. The van der Waals surface area contributed by atoms with E-state index in [2.05, 4.69) is 31.1 Å². The van der Waals surface area contributed by atoms with Gasteiger partial charge >= 0.3 is 0 Å². The van der Waals surface area contributed by atoms with Gasteiger partial charge in [-0.15, -0.1) is 0 Å². The molecule has 1 saturated heterocycles. The van der Waals surface area contributed by atoms with Crippen LogP contribution in [0.3, 0.4) is 0 Å². The highest BCUT2D eigenvalue weighted by atomic mass is 16.5. The third-order valence-corrected chi connectivity index (χ3v) is 4.94. The molecule has 1 atom stereocenters. The van der Waals surface area contributed by atoms with Crippen LogP contribution in [0, 0.1) is 19.8 Å². The summed E-state index contributed by atoms with van der Waals surface area (Å²) < 4.78 is 7.82. The zero-order valence-electron chi connectivity index (χ0n) is 16.1. The molecule has 140 valence electrons. The molecule has 0 unspecified atom stereocenters. The van der Waals surface area contributed by atoms with Crippen molar-refractivity contribution in [1.29, 1.82) is 0 Å². The minimum absolute atomic E-state index is 0.102. The van der Waals surface area contributed by atoms with E-state index in [0.717, 1.165) is 55.9 Å². The summed E-state index contributed by atoms with van der Waals surface area (Å²) >= 11 is 0. The lowest BCUT2D eigenvalue weighted by Crippen LogP contribution is -2.41. The average Bonchev–Trinajstić information content (AvgIpc) is 3.01. The van der Waals surface area contributed by atoms with Crippen LogP contribution in [0.1, 0.15) is 47.8 Å². The molecule has 1 aromatic heterocycles. The van der Waals surface area contributed by atoms with E-state index in [0.29, 0.717) is 12.5 Å². The van der Waals surface area contributed by atoms with E-state index in [4.69, 9.17) is 4.74 Å². The number of benzene rings is 1. The van der Waals surface area contributed by atoms with Gasteiger partial charge in [0.2, 0.25) is 0 Å². The quantitative estimate of drug-likeness (QED) is 0.791. The Morgan fingerprint density at radius 1 is 1.27 bits per heavy atom. The molecule has 0 bridgehead atoms. The largest absolute Gasteiger partial charge is 0.493 e. The lowest BCUT2D eigenvalue weighted by Gasteiger charge is -2.32. The van der Waals surface area contributed by atoms with Crippen LogP contribution in [0.25, 0.3) is 0 Å². The standard InChI is InChI=1S/C21H29N3O2/c1-4-11-24-14-20(17(3)22-24)21(25)23-12-5-6-18(13-23)15-26-19-9-7-16(2)8-10-19/h7-10,14,18H,4-6,11-13,15H2,1-3H3/t18-/m1/s1. The highest BCUT2D eigenvalue weighted by Gasteiger charge is 2.27. The number of amides is 1. The number of rotatable bonds is 6. The van der Waals surface area contributed by atoms with Gasteiger partial charge in [0.15, 0.2) is 0 Å². The summed E-state index contributed by atoms with van der Waals surface area (Å²) in [7, 11) is 0. The molecule has 0 spiro atoms. The van der Waals surface area contributed by atoms with E-state index in [1.54, 1.807) is 0 Å². The Morgan fingerprint density at radius 2 is 2.04 bits per heavy atom. The van der Waals surface area contributed by atoms with Crippen LogP contribution < -0.4 is 4.74 Å². The first-order chi connectivity index (χ1) is 12.6. The van der Waals surface area contributed by atoms with Gasteiger partial charge in [-0.2, -0.15) is 5.10 Å². The molecule has 0 N–H and O–H groups in total. The van der Waals surface area contributed by atoms with E-state index in [9.17, 15) is 4.79 Å². The number of ether oxygens (including phenoxy) is 1. The van der Waals surface area contributed by atoms with E-state index in [1.165, 1.54) is 5.56 Å². The molecule has 2 heterocycles. The van der Waals surface area contributed by atoms with E-state index in [-0.39, 0.29) is 5.91 Å². The van der Waals surface area contributed by atoms with Crippen LogP contribution in [0.5, 0.6) is 5.75 Å². The number of aromatic nitrogens is 2. The third-order valence-electron chi connectivity index (χ3n) is 4.94. The van der Waals surface area contributed by atoms with Gasteiger partial charge in [-0.3, -0.25) is 9.48 Å². The van der Waals surface area contributed by atoms with Gasteiger partial charge in [0.05, 0.1) is 17.9 Å². The van der Waals surface area contributed by atoms with Crippen molar-refractivity contribution in [2.75, 3.05) is 19.7 Å². The number of hydrogen-bond donors (Lipinski definition) is 0. The first kappa shape index (κ1) is 18.5. The maximum atomic E-state index is 12.9. The molecule has 1 aliphatic heterocycles. The van der Waals surface area contributed by atoms with Crippen LogP contribution in [0.15, 0.2) is 30.5 Å². The van der Waals surface area contributed by atoms with Crippen LogP contribution in [0.4, 0.5) is 0 Å². The molecule has 0 radical (unpaired) electrons. The maximum Gasteiger partial charge on any atom is 0.257 e. The SMILES string of the molecule is CCCn1cc(C(=O)N2CCC[C@@H](COc3ccc(C)cc3)C2)c(C)n1. The van der Waals surface area contributed by atoms with Crippen LogP contribution in [-0.2, 0) is 6.54 Å². The van der Waals surface area contributed by atoms with Gasteiger partial charge in [0, 0.05) is 31.7 Å². The molecule has 5 nitrogen and oxygen atoms in total. The monoisotopic (exact) mass is 355 g/mol. The molecular formula is C21H29N3O2. The summed E-state index contributed by atoms with van der Waals surface area (Å²) in [6, 6.07) is 8.13. The van der Waals surface area contributed by atoms with Crippen LogP contribution in [-0.4, -0.2) is 40.3 Å². The lowest BCUT2D eigenvalue weighted by atomic mass is 9.98. The van der Waals surface area contributed by atoms with Crippen LogP contribution >= 0.6 is 0 Å². The summed E-state index contributed by atoms with van der Waals surface area (Å²) in [5, 5.41) is 4.46. The molecule has 1 aliphatic rings. The number of nitrogens with zero attached hydrogens (tertiary/aromatic N) is 3. The zero-order valence-corrected chi connectivity index (χ0v) is 16.1. The first-order valence-electron chi connectivity index (χ1n) is 9.59. The Morgan fingerprint density at radius 3 is 2.77 bits per heavy atom. The van der Waals surface area contributed by atoms with Crippen molar-refractivity contribution in [1.82, 2.24) is 14.7 Å². The van der Waals surface area contributed by atoms with Crippen molar-refractivity contribution < 1.29 is 9.53 Å². The van der Waals surface area contributed by atoms with Gasteiger partial charge in [0.1, 0.15) is 5.75 Å². The normalized spacial score (nSPS) is 17.3. The second-order valence-electron chi connectivity index (χ2n) is 7.27. The minimum Gasteiger partial charge on any atom is -0.493 e. The summed E-state index contributed by atoms with van der Waals surface area (Å²) in [4.78, 5) is 14.9. The molecule has 0 saturated carbocycles. The van der Waals surface area contributed by atoms with Crippen molar-refractivity contribution in [3.8, 4) is 5.75 Å². The Balaban J connectivity index is 1.59. The van der Waals surface area contributed by atoms with E-state index >= 15 is 0 Å². The highest BCUT2D eigenvalue weighted by molar-refractivity contribution is 5.95. The van der Waals surface area contributed by atoms with Crippen molar-refractivity contribution in [3.63, 3.8) is 0 Å². The van der Waals surface area contributed by atoms with Gasteiger partial charge in [0.25, 0.3) is 5.91 Å². The predicted octanol–water partition coefficient (Wildman–Crippen LogP) is 3.84. The zero-order chi connectivity index (χ0) is 18.5. The lowest BCUT2D eigenvalue weighted by molar-refractivity contribution is 0.0632. The van der Waals surface area contributed by atoms with Crippen molar-refractivity contribution in [2.24, 2.45) is 5.92 Å². The number of likely N-dealkylation sites (tertiary alicyclic amines) is 1. The number of hydrogen-bond acceptors (Lipinski definition) is 3. The van der Waals surface area contributed by atoms with Crippen LogP contribution in [0.2, 0.25) is 0 Å². The fourth-order valence-corrected chi connectivity index (χ4v) is 3.48. The molecule has 3 rings (SSSR count). The molecule has 5 heteroatoms. The molecule has 0 aliphatic carbocycles. The molecule has 1 amide bonds.